The molecular formula is C27H41NO2. The highest BCUT2D eigenvalue weighted by atomic mass is 16.5. The first kappa shape index (κ1) is 20.8. The number of hydrogen-bond acceptors (Lipinski definition) is 3. The third-order valence-corrected chi connectivity index (χ3v) is 9.54. The number of benzene rings is 1. The molecule has 2 bridgehead atoms. The second-order valence-electron chi connectivity index (χ2n) is 11.3. The fourth-order valence-corrected chi connectivity index (χ4v) is 8.01. The summed E-state index contributed by atoms with van der Waals surface area (Å²) in [4.78, 5) is 0. The Morgan fingerprint density at radius 2 is 1.70 bits per heavy atom. The van der Waals surface area contributed by atoms with Gasteiger partial charge < -0.3 is 15.6 Å². The highest BCUT2D eigenvalue weighted by molar-refractivity contribution is 5.26. The molecule has 0 unspecified atom stereocenters. The summed E-state index contributed by atoms with van der Waals surface area (Å²) in [5.74, 6) is 3.01. The lowest BCUT2D eigenvalue weighted by Crippen LogP contribution is -2.69. The second kappa shape index (κ2) is 8.13. The maximum Gasteiger partial charge on any atom is 0.115 e. The van der Waals surface area contributed by atoms with E-state index >= 15 is 0 Å². The molecule has 0 aromatic heterocycles. The molecule has 3 nitrogen and oxygen atoms in total. The lowest BCUT2D eigenvalue weighted by molar-refractivity contribution is -0.295. The molecule has 0 radical (unpaired) electrons. The normalized spacial score (nSPS) is 42.3. The summed E-state index contributed by atoms with van der Waals surface area (Å²) in [7, 11) is 0. The van der Waals surface area contributed by atoms with Crippen molar-refractivity contribution in [2.75, 3.05) is 0 Å². The molecule has 30 heavy (non-hydrogen) atoms. The molecule has 166 valence electrons. The van der Waals surface area contributed by atoms with Crippen molar-refractivity contribution in [1.29, 1.82) is 0 Å². The van der Waals surface area contributed by atoms with Gasteiger partial charge in [-0.2, -0.15) is 0 Å². The number of aromatic hydroxyl groups is 1. The monoisotopic (exact) mass is 411 g/mol. The lowest BCUT2D eigenvalue weighted by atomic mass is 9.55. The number of ether oxygens (including phenoxy) is 1. The van der Waals surface area contributed by atoms with Crippen molar-refractivity contribution in [3.8, 4) is 5.75 Å². The maximum absolute atomic E-state index is 9.60. The van der Waals surface area contributed by atoms with Crippen molar-refractivity contribution in [1.82, 2.24) is 0 Å². The first-order valence-corrected chi connectivity index (χ1v) is 12.7. The van der Waals surface area contributed by atoms with Gasteiger partial charge in [-0.05, 0) is 93.7 Å². The molecule has 2 saturated heterocycles. The van der Waals surface area contributed by atoms with Crippen molar-refractivity contribution in [3.05, 3.63) is 29.8 Å². The van der Waals surface area contributed by atoms with E-state index in [-0.39, 0.29) is 11.2 Å². The summed E-state index contributed by atoms with van der Waals surface area (Å²) in [6.07, 6.45) is 16.7. The Kier molecular flexibility index (Phi) is 5.64. The minimum atomic E-state index is 0.000235. The molecule has 1 aromatic carbocycles. The number of fused-ring (bicyclic) bond motifs is 3. The van der Waals surface area contributed by atoms with Gasteiger partial charge in [0.25, 0.3) is 0 Å². The Labute approximate surface area is 182 Å². The van der Waals surface area contributed by atoms with Crippen LogP contribution in [-0.2, 0) is 11.2 Å². The Balaban J connectivity index is 1.33. The van der Waals surface area contributed by atoms with Gasteiger partial charge in [0.2, 0.25) is 0 Å². The molecule has 5 fully saturated rings. The molecule has 3 aliphatic carbocycles. The Hall–Kier alpha value is -1.06. The van der Waals surface area contributed by atoms with E-state index in [1.807, 2.05) is 12.1 Å². The van der Waals surface area contributed by atoms with Crippen LogP contribution in [0.1, 0.15) is 89.5 Å². The molecule has 6 atom stereocenters. The average Bonchev–Trinajstić information content (AvgIpc) is 2.76. The highest BCUT2D eigenvalue weighted by Crippen LogP contribution is 2.59. The van der Waals surface area contributed by atoms with Crippen LogP contribution in [0.15, 0.2) is 24.3 Å². The van der Waals surface area contributed by atoms with E-state index in [0.717, 1.165) is 18.8 Å². The van der Waals surface area contributed by atoms with Crippen LogP contribution in [0.3, 0.4) is 0 Å². The molecular weight excluding hydrogens is 370 g/mol. The zero-order chi connectivity index (χ0) is 20.8. The van der Waals surface area contributed by atoms with E-state index in [4.69, 9.17) is 10.5 Å². The van der Waals surface area contributed by atoms with Gasteiger partial charge in [0.05, 0.1) is 11.2 Å². The number of nitrogens with two attached hydrogens (primary N) is 1. The molecule has 2 heterocycles. The van der Waals surface area contributed by atoms with Gasteiger partial charge in [-0.3, -0.25) is 0 Å². The largest absolute Gasteiger partial charge is 0.508 e. The molecule has 6 rings (SSSR count). The number of rotatable bonds is 4. The van der Waals surface area contributed by atoms with Crippen LogP contribution in [0.4, 0.5) is 0 Å². The first-order chi connectivity index (χ1) is 14.5. The van der Waals surface area contributed by atoms with Crippen LogP contribution in [0, 0.1) is 23.7 Å². The van der Waals surface area contributed by atoms with Gasteiger partial charge in [-0.15, -0.1) is 0 Å². The maximum atomic E-state index is 9.60. The molecule has 0 amide bonds. The van der Waals surface area contributed by atoms with E-state index in [1.165, 1.54) is 76.2 Å². The Bertz CT molecular complexity index is 727. The van der Waals surface area contributed by atoms with E-state index in [2.05, 4.69) is 19.1 Å². The summed E-state index contributed by atoms with van der Waals surface area (Å²) < 4.78 is 7.31. The predicted octanol–water partition coefficient (Wildman–Crippen LogP) is 5.98. The standard InChI is InChI=1S/C27H41NO2/c1-26(21-7-3-2-4-8-21)24-14-15-27(30-26,18-25(24)28)22-9-5-6-20(17-22)16-19-10-12-23(29)13-11-19/h10-13,20-22,24-25,29H,2-9,14-18,28H2,1H3/t20-,22+,24-,25+,26-,27-/m0/s1. The van der Waals surface area contributed by atoms with Crippen molar-refractivity contribution in [3.63, 3.8) is 0 Å². The minimum absolute atomic E-state index is 0.000235. The quantitative estimate of drug-likeness (QED) is 0.641. The molecule has 5 aliphatic rings. The minimum Gasteiger partial charge on any atom is -0.508 e. The summed E-state index contributed by atoms with van der Waals surface area (Å²) in [5, 5.41) is 9.60. The number of phenolic OH excluding ortho intramolecular Hbond substituents is 1. The van der Waals surface area contributed by atoms with Crippen molar-refractivity contribution in [2.24, 2.45) is 29.4 Å². The highest BCUT2D eigenvalue weighted by Gasteiger charge is 2.61. The topological polar surface area (TPSA) is 55.5 Å². The average molecular weight is 412 g/mol. The van der Waals surface area contributed by atoms with Gasteiger partial charge in [0.15, 0.2) is 0 Å². The molecule has 1 aromatic rings. The van der Waals surface area contributed by atoms with Crippen LogP contribution in [0.25, 0.3) is 0 Å². The fourth-order valence-electron chi connectivity index (χ4n) is 8.01. The molecule has 3 N–H and O–H groups in total. The third kappa shape index (κ3) is 3.71. The second-order valence-corrected chi connectivity index (χ2v) is 11.3. The van der Waals surface area contributed by atoms with Crippen LogP contribution in [0.2, 0.25) is 0 Å². The van der Waals surface area contributed by atoms with Gasteiger partial charge >= 0.3 is 0 Å². The molecule has 3 saturated carbocycles. The SMILES string of the molecule is C[C@@]1(C2CCCCC2)O[C@@]2([C@@H]3CCC[C@@H](Cc4ccc(O)cc4)C3)CC[C@H]1[C@H](N)C2. The first-order valence-electron chi connectivity index (χ1n) is 12.7. The van der Waals surface area contributed by atoms with E-state index < -0.39 is 0 Å². The number of phenols is 1. The molecule has 3 heteroatoms. The fraction of sp³-hybridized carbons (Fsp3) is 0.778. The predicted molar refractivity (Wildman–Crippen MR) is 121 cm³/mol. The smallest absolute Gasteiger partial charge is 0.115 e. The lowest BCUT2D eigenvalue weighted by Gasteiger charge is -2.64. The summed E-state index contributed by atoms with van der Waals surface area (Å²) in [6.45, 7) is 2.44. The van der Waals surface area contributed by atoms with Crippen molar-refractivity contribution in [2.45, 2.75) is 108 Å². The van der Waals surface area contributed by atoms with Crippen molar-refractivity contribution >= 4 is 0 Å². The van der Waals surface area contributed by atoms with Gasteiger partial charge in [0, 0.05) is 12.0 Å². The molecule has 0 spiro atoms. The van der Waals surface area contributed by atoms with E-state index in [1.54, 1.807) is 0 Å². The van der Waals surface area contributed by atoms with Crippen LogP contribution < -0.4 is 5.73 Å². The summed E-state index contributed by atoms with van der Waals surface area (Å²) in [5.41, 5.74) is 8.24. The summed E-state index contributed by atoms with van der Waals surface area (Å²) >= 11 is 0. The zero-order valence-corrected chi connectivity index (χ0v) is 18.8. The van der Waals surface area contributed by atoms with Crippen LogP contribution in [-0.4, -0.2) is 22.4 Å². The Morgan fingerprint density at radius 1 is 0.967 bits per heavy atom. The third-order valence-electron chi connectivity index (χ3n) is 9.54. The molecule has 2 aliphatic heterocycles. The van der Waals surface area contributed by atoms with Gasteiger partial charge in [0.1, 0.15) is 5.75 Å². The van der Waals surface area contributed by atoms with Crippen molar-refractivity contribution < 1.29 is 9.84 Å². The van der Waals surface area contributed by atoms with Gasteiger partial charge in [-0.1, -0.05) is 44.2 Å². The van der Waals surface area contributed by atoms with Gasteiger partial charge in [-0.25, -0.2) is 0 Å². The Morgan fingerprint density at radius 3 is 2.43 bits per heavy atom. The zero-order valence-electron chi connectivity index (χ0n) is 18.8. The summed E-state index contributed by atoms with van der Waals surface area (Å²) in [6, 6.07) is 8.16. The van der Waals surface area contributed by atoms with E-state index in [9.17, 15) is 5.11 Å². The van der Waals surface area contributed by atoms with Crippen LogP contribution >= 0.6 is 0 Å². The number of hydrogen-bond donors (Lipinski definition) is 2. The van der Waals surface area contributed by atoms with E-state index in [0.29, 0.717) is 29.5 Å². The van der Waals surface area contributed by atoms with Crippen LogP contribution in [0.5, 0.6) is 5.75 Å².